The lowest BCUT2D eigenvalue weighted by Gasteiger charge is -2.15. The van der Waals surface area contributed by atoms with E-state index >= 15 is 0 Å². The summed E-state index contributed by atoms with van der Waals surface area (Å²) in [5.41, 5.74) is 3.15. The third-order valence-electron chi connectivity index (χ3n) is 4.78. The molecule has 1 heterocycles. The smallest absolute Gasteiger partial charge is 0.337 e. The van der Waals surface area contributed by atoms with Gasteiger partial charge in [0.25, 0.3) is 11.6 Å². The number of carboxylic acids is 1. The van der Waals surface area contributed by atoms with Crippen LogP contribution in [0.25, 0.3) is 10.9 Å². The molecular formula is C23H27N3O4. The average molecular weight is 409 g/mol. The number of benzene rings is 2. The zero-order valence-electron chi connectivity index (χ0n) is 17.7. The molecule has 0 radical (unpaired) electrons. The third kappa shape index (κ3) is 4.62. The van der Waals surface area contributed by atoms with E-state index in [0.29, 0.717) is 48.1 Å². The number of aromatic carboxylic acids is 1. The lowest BCUT2D eigenvalue weighted by molar-refractivity contribution is 0.0698. The van der Waals surface area contributed by atoms with Crippen molar-refractivity contribution in [1.29, 1.82) is 0 Å². The molecule has 3 aromatic rings. The zero-order valence-corrected chi connectivity index (χ0v) is 17.7. The van der Waals surface area contributed by atoms with Gasteiger partial charge in [-0.3, -0.25) is 9.36 Å². The van der Waals surface area contributed by atoms with E-state index in [0.717, 1.165) is 11.1 Å². The monoisotopic (exact) mass is 409 g/mol. The topological polar surface area (TPSA) is 93.4 Å². The first-order valence-corrected chi connectivity index (χ1v) is 9.97. The van der Waals surface area contributed by atoms with Gasteiger partial charge in [0.15, 0.2) is 0 Å². The van der Waals surface area contributed by atoms with Gasteiger partial charge in [-0.15, -0.1) is 0 Å². The Morgan fingerprint density at radius 1 is 1.27 bits per heavy atom. The SMILES string of the molecule is Cc1cc(CCNc2ccccc2C(=O)O)c2nc(OCC(C)C)n(C)c(=O)c2c1. The van der Waals surface area contributed by atoms with Crippen molar-refractivity contribution in [2.75, 3.05) is 18.5 Å². The number of aryl methyl sites for hydroxylation is 1. The van der Waals surface area contributed by atoms with E-state index in [1.165, 1.54) is 4.57 Å². The normalized spacial score (nSPS) is 11.1. The number of para-hydroxylation sites is 1. The van der Waals surface area contributed by atoms with Gasteiger partial charge in [0, 0.05) is 19.3 Å². The molecule has 7 heteroatoms. The van der Waals surface area contributed by atoms with Crippen molar-refractivity contribution in [3.05, 3.63) is 63.4 Å². The molecule has 30 heavy (non-hydrogen) atoms. The highest BCUT2D eigenvalue weighted by Gasteiger charge is 2.14. The van der Waals surface area contributed by atoms with E-state index in [2.05, 4.69) is 10.3 Å². The number of nitrogens with one attached hydrogen (secondary N) is 1. The number of hydrogen-bond donors (Lipinski definition) is 2. The highest BCUT2D eigenvalue weighted by Crippen LogP contribution is 2.21. The Labute approximate surface area is 175 Å². The van der Waals surface area contributed by atoms with E-state index in [1.807, 2.05) is 32.9 Å². The lowest BCUT2D eigenvalue weighted by Crippen LogP contribution is -2.22. The second-order valence-electron chi connectivity index (χ2n) is 7.81. The summed E-state index contributed by atoms with van der Waals surface area (Å²) in [6.07, 6.45) is 0.579. The van der Waals surface area contributed by atoms with Gasteiger partial charge in [0.1, 0.15) is 0 Å². The maximum absolute atomic E-state index is 12.9. The molecule has 0 aliphatic rings. The summed E-state index contributed by atoms with van der Waals surface area (Å²) in [5.74, 6) is -0.662. The number of carboxylic acid groups (broad SMARTS) is 1. The minimum atomic E-state index is -0.976. The van der Waals surface area contributed by atoms with Crippen molar-refractivity contribution >= 4 is 22.6 Å². The highest BCUT2D eigenvalue weighted by atomic mass is 16.5. The summed E-state index contributed by atoms with van der Waals surface area (Å²) >= 11 is 0. The molecule has 0 saturated heterocycles. The standard InChI is InChI=1S/C23H27N3O4/c1-14(2)13-30-23-25-20-16(11-15(3)12-18(20)21(27)26(23)4)9-10-24-19-8-6-5-7-17(19)22(28)29/h5-8,11-12,14,24H,9-10,13H2,1-4H3,(H,28,29). The van der Waals surface area contributed by atoms with Crippen LogP contribution >= 0.6 is 0 Å². The van der Waals surface area contributed by atoms with E-state index in [9.17, 15) is 14.7 Å². The van der Waals surface area contributed by atoms with Gasteiger partial charge < -0.3 is 15.2 Å². The van der Waals surface area contributed by atoms with Crippen LogP contribution in [-0.2, 0) is 13.5 Å². The van der Waals surface area contributed by atoms with Crippen molar-refractivity contribution in [2.24, 2.45) is 13.0 Å². The molecule has 1 aromatic heterocycles. The molecule has 3 rings (SSSR count). The molecule has 158 valence electrons. The van der Waals surface area contributed by atoms with Crippen molar-refractivity contribution < 1.29 is 14.6 Å². The van der Waals surface area contributed by atoms with Gasteiger partial charge in [-0.05, 0) is 48.6 Å². The summed E-state index contributed by atoms with van der Waals surface area (Å²) in [5, 5.41) is 13.1. The number of anilines is 1. The predicted molar refractivity (Wildman–Crippen MR) is 118 cm³/mol. The van der Waals surface area contributed by atoms with Crippen LogP contribution < -0.4 is 15.6 Å². The summed E-state index contributed by atoms with van der Waals surface area (Å²) in [6, 6.07) is 10.9. The van der Waals surface area contributed by atoms with Crippen LogP contribution in [0.15, 0.2) is 41.2 Å². The molecule has 0 aliphatic heterocycles. The fourth-order valence-electron chi connectivity index (χ4n) is 3.30. The molecule has 0 fully saturated rings. The van der Waals surface area contributed by atoms with E-state index in [4.69, 9.17) is 4.74 Å². The predicted octanol–water partition coefficient (Wildman–Crippen LogP) is 3.63. The molecule has 0 saturated carbocycles. The summed E-state index contributed by atoms with van der Waals surface area (Å²) in [4.78, 5) is 28.9. The first-order valence-electron chi connectivity index (χ1n) is 9.97. The van der Waals surface area contributed by atoms with Gasteiger partial charge in [0.2, 0.25) is 0 Å². The minimum Gasteiger partial charge on any atom is -0.478 e. The fourth-order valence-corrected chi connectivity index (χ4v) is 3.30. The first kappa shape index (κ1) is 21.4. The highest BCUT2D eigenvalue weighted by molar-refractivity contribution is 5.94. The quantitative estimate of drug-likeness (QED) is 0.590. The van der Waals surface area contributed by atoms with Gasteiger partial charge in [-0.1, -0.05) is 32.0 Å². The molecule has 0 amide bonds. The molecule has 0 spiro atoms. The second kappa shape index (κ2) is 8.98. The number of nitrogens with zero attached hydrogens (tertiary/aromatic N) is 2. The Balaban J connectivity index is 1.91. The Morgan fingerprint density at radius 2 is 2.00 bits per heavy atom. The van der Waals surface area contributed by atoms with E-state index < -0.39 is 5.97 Å². The number of aromatic nitrogens is 2. The molecule has 0 unspecified atom stereocenters. The largest absolute Gasteiger partial charge is 0.478 e. The van der Waals surface area contributed by atoms with E-state index in [1.54, 1.807) is 31.3 Å². The maximum atomic E-state index is 12.9. The molecule has 0 atom stereocenters. The van der Waals surface area contributed by atoms with Crippen LogP contribution in [0.4, 0.5) is 5.69 Å². The van der Waals surface area contributed by atoms with Crippen LogP contribution in [0, 0.1) is 12.8 Å². The molecular weight excluding hydrogens is 382 g/mol. The molecule has 2 N–H and O–H groups in total. The van der Waals surface area contributed by atoms with Crippen LogP contribution in [-0.4, -0.2) is 33.8 Å². The summed E-state index contributed by atoms with van der Waals surface area (Å²) in [7, 11) is 1.66. The third-order valence-corrected chi connectivity index (χ3v) is 4.78. The van der Waals surface area contributed by atoms with E-state index in [-0.39, 0.29) is 11.1 Å². The van der Waals surface area contributed by atoms with Gasteiger partial charge in [-0.25, -0.2) is 4.79 Å². The van der Waals surface area contributed by atoms with Crippen LogP contribution in [0.3, 0.4) is 0 Å². The van der Waals surface area contributed by atoms with Gasteiger partial charge >= 0.3 is 5.97 Å². The van der Waals surface area contributed by atoms with Crippen LogP contribution in [0.1, 0.15) is 35.3 Å². The number of fused-ring (bicyclic) bond motifs is 1. The second-order valence-corrected chi connectivity index (χ2v) is 7.81. The van der Waals surface area contributed by atoms with Crippen LogP contribution in [0.2, 0.25) is 0 Å². The molecule has 7 nitrogen and oxygen atoms in total. The Morgan fingerprint density at radius 3 is 2.70 bits per heavy atom. The Kier molecular flexibility index (Phi) is 6.40. The molecule has 0 aliphatic carbocycles. The van der Waals surface area contributed by atoms with Gasteiger partial charge in [-0.2, -0.15) is 4.98 Å². The molecule has 0 bridgehead atoms. The lowest BCUT2D eigenvalue weighted by atomic mass is 10.0. The summed E-state index contributed by atoms with van der Waals surface area (Å²) < 4.78 is 7.20. The number of hydrogen-bond acceptors (Lipinski definition) is 5. The van der Waals surface area contributed by atoms with Crippen molar-refractivity contribution in [3.63, 3.8) is 0 Å². The average Bonchev–Trinajstić information content (AvgIpc) is 2.70. The Hall–Kier alpha value is -3.35. The first-order chi connectivity index (χ1) is 14.3. The number of ether oxygens (including phenoxy) is 1. The molecule has 2 aromatic carbocycles. The van der Waals surface area contributed by atoms with Crippen molar-refractivity contribution in [2.45, 2.75) is 27.2 Å². The van der Waals surface area contributed by atoms with Crippen LogP contribution in [0.5, 0.6) is 6.01 Å². The number of rotatable bonds is 8. The minimum absolute atomic E-state index is 0.145. The van der Waals surface area contributed by atoms with Crippen molar-refractivity contribution in [1.82, 2.24) is 9.55 Å². The van der Waals surface area contributed by atoms with Crippen molar-refractivity contribution in [3.8, 4) is 6.01 Å². The van der Waals surface area contributed by atoms with Gasteiger partial charge in [0.05, 0.1) is 23.1 Å². The number of carbonyl (C=O) groups is 1. The Bertz CT molecular complexity index is 1140. The maximum Gasteiger partial charge on any atom is 0.337 e. The fraction of sp³-hybridized carbons (Fsp3) is 0.348. The summed E-state index contributed by atoms with van der Waals surface area (Å²) in [6.45, 7) is 6.99. The zero-order chi connectivity index (χ0) is 21.8.